The molecule has 1 aromatic heterocycles. The monoisotopic (exact) mass is 426 g/mol. The number of sulfonamides is 1. The summed E-state index contributed by atoms with van der Waals surface area (Å²) < 4.78 is 50.2. The van der Waals surface area contributed by atoms with Gasteiger partial charge in [-0.3, -0.25) is 0 Å². The van der Waals surface area contributed by atoms with Crippen molar-refractivity contribution in [3.8, 4) is 0 Å². The molecule has 0 fully saturated rings. The number of alkyl halides is 2. The van der Waals surface area contributed by atoms with Gasteiger partial charge in [-0.15, -0.1) is 10.2 Å². The smallest absolute Gasteiger partial charge is 0.288 e. The number of halogens is 2. The molecule has 25 heavy (non-hydrogen) atoms. The molecule has 0 bridgehead atoms. The van der Waals surface area contributed by atoms with Gasteiger partial charge in [0.1, 0.15) is 0 Å². The number of anilines is 2. The molecule has 0 atom stereocenters. The maximum atomic E-state index is 12.3. The molecule has 0 saturated carbocycles. The maximum Gasteiger partial charge on any atom is 0.288 e. The number of thioether (sulfide) groups is 2. The highest BCUT2D eigenvalue weighted by atomic mass is 32.2. The van der Waals surface area contributed by atoms with Gasteiger partial charge in [0.25, 0.3) is 5.76 Å². The average Bonchev–Trinajstić information content (AvgIpc) is 3.00. The minimum atomic E-state index is -3.18. The summed E-state index contributed by atoms with van der Waals surface area (Å²) in [6.07, 6.45) is 0.513. The second kappa shape index (κ2) is 9.67. The zero-order valence-corrected chi connectivity index (χ0v) is 16.4. The third-order valence-corrected chi connectivity index (χ3v) is 7.06. The van der Waals surface area contributed by atoms with Crippen LogP contribution in [0.4, 0.5) is 19.6 Å². The fraction of sp³-hybridized carbons (Fsp3) is 0.385. The second-order valence-corrected chi connectivity index (χ2v) is 10.1. The molecular weight excluding hydrogens is 410 g/mol. The van der Waals surface area contributed by atoms with Crippen LogP contribution in [0.25, 0.3) is 0 Å². The van der Waals surface area contributed by atoms with E-state index in [-0.39, 0.29) is 5.75 Å². The molecule has 2 aromatic rings. The van der Waals surface area contributed by atoms with E-state index in [4.69, 9.17) is 0 Å². The summed E-state index contributed by atoms with van der Waals surface area (Å²) in [5, 5.41) is 11.7. The second-order valence-electron chi connectivity index (χ2n) is 4.63. The zero-order valence-electron chi connectivity index (χ0n) is 13.1. The molecule has 2 rings (SSSR count). The molecule has 0 amide bonds. The molecular formula is C13H16F2N4O2S4. The molecule has 12 heteroatoms. The summed E-state index contributed by atoms with van der Waals surface area (Å²) in [6.45, 7) is 0. The van der Waals surface area contributed by atoms with E-state index in [1.54, 1.807) is 24.3 Å². The summed E-state index contributed by atoms with van der Waals surface area (Å²) in [6, 6.07) is 6.61. The Morgan fingerprint density at radius 1 is 1.24 bits per heavy atom. The van der Waals surface area contributed by atoms with Crippen LogP contribution in [0, 0.1) is 0 Å². The number of nitrogens with zero attached hydrogens (tertiary/aromatic N) is 2. The Bertz CT molecular complexity index is 769. The van der Waals surface area contributed by atoms with E-state index in [0.717, 1.165) is 10.0 Å². The van der Waals surface area contributed by atoms with Gasteiger partial charge in [-0.05, 0) is 37.7 Å². The van der Waals surface area contributed by atoms with Crippen molar-refractivity contribution in [2.24, 2.45) is 0 Å². The van der Waals surface area contributed by atoms with Crippen LogP contribution in [0.3, 0.4) is 0 Å². The van der Waals surface area contributed by atoms with E-state index in [9.17, 15) is 17.2 Å². The summed E-state index contributed by atoms with van der Waals surface area (Å²) in [4.78, 5) is 0.491. The van der Waals surface area contributed by atoms with Crippen molar-refractivity contribution in [2.75, 3.05) is 23.9 Å². The maximum absolute atomic E-state index is 12.3. The number of rotatable bonds is 10. The minimum Gasteiger partial charge on any atom is -0.330 e. The van der Waals surface area contributed by atoms with Crippen molar-refractivity contribution >= 4 is 55.7 Å². The predicted molar refractivity (Wildman–Crippen MR) is 99.7 cm³/mol. The Balaban J connectivity index is 1.81. The summed E-state index contributed by atoms with van der Waals surface area (Å²) >= 11 is 3.28. The van der Waals surface area contributed by atoms with Gasteiger partial charge in [0.05, 0.1) is 5.75 Å². The Labute approximate surface area is 157 Å². The van der Waals surface area contributed by atoms with E-state index in [1.165, 1.54) is 30.1 Å². The van der Waals surface area contributed by atoms with Gasteiger partial charge in [-0.1, -0.05) is 34.9 Å². The van der Waals surface area contributed by atoms with Gasteiger partial charge >= 0.3 is 0 Å². The first-order valence-corrected chi connectivity index (χ1v) is 11.4. The molecule has 0 radical (unpaired) electrons. The third-order valence-electron chi connectivity index (χ3n) is 2.83. The van der Waals surface area contributed by atoms with Crippen molar-refractivity contribution in [1.82, 2.24) is 14.9 Å². The van der Waals surface area contributed by atoms with E-state index in [1.807, 2.05) is 0 Å². The number of nitrogens with one attached hydrogen (secondary N) is 2. The average molecular weight is 427 g/mol. The SMILES string of the molecule is CNS(=O)(=O)CCCSc1nnc(Nc2ccc(SC(F)F)cc2)s1. The Morgan fingerprint density at radius 2 is 1.96 bits per heavy atom. The Morgan fingerprint density at radius 3 is 2.60 bits per heavy atom. The normalized spacial score (nSPS) is 11.8. The van der Waals surface area contributed by atoms with Crippen LogP contribution in [0.5, 0.6) is 0 Å². The number of benzene rings is 1. The lowest BCUT2D eigenvalue weighted by Crippen LogP contribution is -2.22. The molecule has 1 aromatic carbocycles. The van der Waals surface area contributed by atoms with Gasteiger partial charge in [-0.2, -0.15) is 8.78 Å². The highest BCUT2D eigenvalue weighted by Crippen LogP contribution is 2.30. The molecule has 1 heterocycles. The topological polar surface area (TPSA) is 84.0 Å². The van der Waals surface area contributed by atoms with Crippen LogP contribution in [0.15, 0.2) is 33.5 Å². The van der Waals surface area contributed by atoms with Crippen molar-refractivity contribution < 1.29 is 17.2 Å². The van der Waals surface area contributed by atoms with E-state index < -0.39 is 15.8 Å². The van der Waals surface area contributed by atoms with Crippen LogP contribution in [-0.2, 0) is 10.0 Å². The van der Waals surface area contributed by atoms with Gasteiger partial charge in [0.2, 0.25) is 15.2 Å². The van der Waals surface area contributed by atoms with Crippen molar-refractivity contribution in [1.29, 1.82) is 0 Å². The summed E-state index contributed by atoms with van der Waals surface area (Å²) in [5.74, 6) is -1.75. The van der Waals surface area contributed by atoms with Crippen LogP contribution in [0.1, 0.15) is 6.42 Å². The van der Waals surface area contributed by atoms with Crippen molar-refractivity contribution in [3.63, 3.8) is 0 Å². The first-order valence-electron chi connectivity index (χ1n) is 7.07. The summed E-state index contributed by atoms with van der Waals surface area (Å²) in [5.41, 5.74) is 0.728. The van der Waals surface area contributed by atoms with Crippen molar-refractivity contribution in [2.45, 2.75) is 21.4 Å². The number of aromatic nitrogens is 2. The molecule has 0 saturated heterocycles. The highest BCUT2D eigenvalue weighted by molar-refractivity contribution is 8.01. The van der Waals surface area contributed by atoms with Crippen molar-refractivity contribution in [3.05, 3.63) is 24.3 Å². The zero-order chi connectivity index (χ0) is 18.3. The molecule has 2 N–H and O–H groups in total. The lowest BCUT2D eigenvalue weighted by atomic mass is 10.3. The van der Waals surface area contributed by atoms with Crippen LogP contribution < -0.4 is 10.0 Å². The van der Waals surface area contributed by atoms with E-state index in [0.29, 0.717) is 34.0 Å². The van der Waals surface area contributed by atoms with E-state index >= 15 is 0 Å². The lowest BCUT2D eigenvalue weighted by Gasteiger charge is -2.03. The van der Waals surface area contributed by atoms with Crippen LogP contribution in [0.2, 0.25) is 0 Å². The van der Waals surface area contributed by atoms with Gasteiger partial charge in [-0.25, -0.2) is 13.1 Å². The van der Waals surface area contributed by atoms with Gasteiger partial charge in [0.15, 0.2) is 4.34 Å². The summed E-state index contributed by atoms with van der Waals surface area (Å²) in [7, 11) is -1.78. The fourth-order valence-electron chi connectivity index (χ4n) is 1.67. The first-order chi connectivity index (χ1) is 11.9. The molecule has 0 unspecified atom stereocenters. The molecule has 0 spiro atoms. The van der Waals surface area contributed by atoms with Crippen LogP contribution >= 0.6 is 34.9 Å². The third kappa shape index (κ3) is 7.44. The minimum absolute atomic E-state index is 0.0728. The Kier molecular flexibility index (Phi) is 7.87. The first kappa shape index (κ1) is 20.4. The number of hydrogen-bond donors (Lipinski definition) is 2. The molecule has 0 aliphatic rings. The Hall–Kier alpha value is -0.950. The number of hydrogen-bond acceptors (Lipinski definition) is 8. The largest absolute Gasteiger partial charge is 0.330 e. The molecule has 138 valence electrons. The fourth-order valence-corrected chi connectivity index (χ4v) is 4.86. The molecule has 0 aliphatic heterocycles. The molecule has 0 aliphatic carbocycles. The van der Waals surface area contributed by atoms with E-state index in [2.05, 4.69) is 20.2 Å². The quantitative estimate of drug-likeness (QED) is 0.443. The lowest BCUT2D eigenvalue weighted by molar-refractivity contribution is 0.252. The molecule has 6 nitrogen and oxygen atoms in total. The van der Waals surface area contributed by atoms with Gasteiger partial charge in [0, 0.05) is 16.3 Å². The van der Waals surface area contributed by atoms with Gasteiger partial charge < -0.3 is 5.32 Å². The standard InChI is InChI=1S/C13H16F2N4O2S4/c1-16-25(20,21)8-2-7-22-13-19-18-12(24-13)17-9-3-5-10(6-4-9)23-11(14)15/h3-6,11,16H,2,7-8H2,1H3,(H,17,18). The van der Waals surface area contributed by atoms with Crippen LogP contribution in [-0.4, -0.2) is 42.9 Å². The highest BCUT2D eigenvalue weighted by Gasteiger charge is 2.09. The predicted octanol–water partition coefficient (Wildman–Crippen LogP) is 3.63.